The van der Waals surface area contributed by atoms with Gasteiger partial charge in [-0.15, -0.1) is 0 Å². The summed E-state index contributed by atoms with van der Waals surface area (Å²) in [4.78, 5) is 22.1. The van der Waals surface area contributed by atoms with Crippen LogP contribution in [0.25, 0.3) is 0 Å². The van der Waals surface area contributed by atoms with Crippen LogP contribution in [0.3, 0.4) is 0 Å². The Morgan fingerprint density at radius 2 is 2.00 bits per heavy atom. The number of benzene rings is 1. The Morgan fingerprint density at radius 3 is 2.56 bits per heavy atom. The minimum absolute atomic E-state index is 0.161. The van der Waals surface area contributed by atoms with Crippen molar-refractivity contribution in [3.8, 4) is 0 Å². The van der Waals surface area contributed by atoms with Crippen LogP contribution in [0.15, 0.2) is 24.3 Å². The Balaban J connectivity index is 2.38. The predicted octanol–water partition coefficient (Wildman–Crippen LogP) is 1.94. The number of methoxy groups -OCH3 is 1. The average molecular weight is 335 g/mol. The smallest absolute Gasteiger partial charge is 0.321 e. The number of hydrogen-bond donors (Lipinski definition) is 1. The molecule has 98 valence electrons. The summed E-state index contributed by atoms with van der Waals surface area (Å²) in [6.45, 7) is 0.194. The molecule has 1 amide bonds. The molecule has 0 heterocycles. The maximum Gasteiger partial charge on any atom is 0.321 e. The van der Waals surface area contributed by atoms with E-state index in [2.05, 4.69) is 26.0 Å². The molecule has 4 nitrogen and oxygen atoms in total. The van der Waals surface area contributed by atoms with Gasteiger partial charge >= 0.3 is 5.97 Å². The topological polar surface area (TPSA) is 55.4 Å². The molecule has 1 rings (SSSR count). The van der Waals surface area contributed by atoms with E-state index in [1.54, 1.807) is 24.3 Å². The molecule has 0 aromatic heterocycles. The van der Waals surface area contributed by atoms with Crippen LogP contribution in [-0.4, -0.2) is 30.4 Å². The van der Waals surface area contributed by atoms with Gasteiger partial charge in [0.05, 0.1) is 13.5 Å². The molecular weight excluding hydrogens is 321 g/mol. The van der Waals surface area contributed by atoms with E-state index in [0.29, 0.717) is 5.02 Å². The molecule has 1 aromatic rings. The number of rotatable bonds is 5. The van der Waals surface area contributed by atoms with Gasteiger partial charge in [0.1, 0.15) is 4.83 Å². The van der Waals surface area contributed by atoms with Gasteiger partial charge in [0, 0.05) is 11.6 Å². The number of carbonyl (C=O) groups is 2. The van der Waals surface area contributed by atoms with Crippen molar-refractivity contribution in [2.24, 2.45) is 0 Å². The van der Waals surface area contributed by atoms with Crippen molar-refractivity contribution < 1.29 is 14.3 Å². The fourth-order valence-corrected chi connectivity index (χ4v) is 1.74. The lowest BCUT2D eigenvalue weighted by Crippen LogP contribution is -2.34. The van der Waals surface area contributed by atoms with Gasteiger partial charge in [-0.1, -0.05) is 39.7 Å². The van der Waals surface area contributed by atoms with E-state index in [9.17, 15) is 9.59 Å². The molecule has 0 radical (unpaired) electrons. The van der Waals surface area contributed by atoms with Crippen molar-refractivity contribution in [2.75, 3.05) is 13.7 Å². The maximum absolute atomic E-state index is 11.6. The number of alkyl halides is 1. The number of ether oxygens (including phenoxy) is 1. The Bertz CT molecular complexity index is 422. The first-order valence-corrected chi connectivity index (χ1v) is 6.55. The van der Waals surface area contributed by atoms with Crippen LogP contribution in [-0.2, 0) is 20.7 Å². The Hall–Kier alpha value is -1.07. The van der Waals surface area contributed by atoms with E-state index in [1.807, 2.05) is 0 Å². The van der Waals surface area contributed by atoms with Gasteiger partial charge in [0.15, 0.2) is 0 Å². The molecule has 0 aliphatic heterocycles. The number of nitrogens with one attached hydrogen (secondary N) is 1. The van der Waals surface area contributed by atoms with Crippen molar-refractivity contribution in [3.63, 3.8) is 0 Å². The highest BCUT2D eigenvalue weighted by Gasteiger charge is 2.15. The highest BCUT2D eigenvalue weighted by molar-refractivity contribution is 9.10. The van der Waals surface area contributed by atoms with Gasteiger partial charge in [-0.3, -0.25) is 9.59 Å². The van der Waals surface area contributed by atoms with E-state index in [4.69, 9.17) is 11.6 Å². The largest absolute Gasteiger partial charge is 0.468 e. The zero-order valence-electron chi connectivity index (χ0n) is 9.78. The molecule has 0 saturated carbocycles. The molecular formula is C12H13BrClNO3. The van der Waals surface area contributed by atoms with Gasteiger partial charge in [-0.2, -0.15) is 0 Å². The van der Waals surface area contributed by atoms with Crippen LogP contribution in [0.1, 0.15) is 5.56 Å². The molecule has 1 aromatic carbocycles. The van der Waals surface area contributed by atoms with Gasteiger partial charge in [-0.05, 0) is 17.7 Å². The van der Waals surface area contributed by atoms with Crippen molar-refractivity contribution in [1.82, 2.24) is 5.32 Å². The molecule has 6 heteroatoms. The monoisotopic (exact) mass is 333 g/mol. The summed E-state index contributed by atoms with van der Waals surface area (Å²) in [5.74, 6) is -0.576. The van der Waals surface area contributed by atoms with Gasteiger partial charge in [-0.25, -0.2) is 0 Å². The van der Waals surface area contributed by atoms with Crippen molar-refractivity contribution in [3.05, 3.63) is 34.9 Å². The van der Waals surface area contributed by atoms with E-state index in [0.717, 1.165) is 5.56 Å². The molecule has 0 bridgehead atoms. The normalized spacial score (nSPS) is 11.7. The van der Waals surface area contributed by atoms with E-state index >= 15 is 0 Å². The lowest BCUT2D eigenvalue weighted by molar-refractivity contribution is -0.139. The SMILES string of the molecule is COC(=O)C(Br)CNC(=O)Cc1ccc(Cl)cc1. The van der Waals surface area contributed by atoms with Crippen molar-refractivity contribution >= 4 is 39.4 Å². The molecule has 1 unspecified atom stereocenters. The summed E-state index contributed by atoms with van der Waals surface area (Å²) in [6, 6.07) is 7.03. The van der Waals surface area contributed by atoms with Crippen LogP contribution in [0, 0.1) is 0 Å². The standard InChI is InChI=1S/C12H13BrClNO3/c1-18-12(17)10(13)7-15-11(16)6-8-2-4-9(14)5-3-8/h2-5,10H,6-7H2,1H3,(H,15,16). The summed E-state index contributed by atoms with van der Waals surface area (Å²) in [5, 5.41) is 3.27. The zero-order chi connectivity index (χ0) is 13.5. The molecule has 1 atom stereocenters. The highest BCUT2D eigenvalue weighted by atomic mass is 79.9. The Morgan fingerprint density at radius 1 is 1.39 bits per heavy atom. The quantitative estimate of drug-likeness (QED) is 0.661. The summed E-state index contributed by atoms with van der Waals surface area (Å²) in [5.41, 5.74) is 0.862. The first-order valence-electron chi connectivity index (χ1n) is 5.26. The first-order chi connectivity index (χ1) is 8.52. The minimum atomic E-state index is -0.531. The summed E-state index contributed by atoms with van der Waals surface area (Å²) < 4.78 is 4.52. The number of halogens is 2. The molecule has 0 fully saturated rings. The summed E-state index contributed by atoms with van der Waals surface area (Å²) in [7, 11) is 1.30. The van der Waals surface area contributed by atoms with E-state index < -0.39 is 10.8 Å². The van der Waals surface area contributed by atoms with Crippen LogP contribution in [0.5, 0.6) is 0 Å². The summed E-state index contributed by atoms with van der Waals surface area (Å²) in [6.07, 6.45) is 0.248. The summed E-state index contributed by atoms with van der Waals surface area (Å²) >= 11 is 8.86. The fraction of sp³-hybridized carbons (Fsp3) is 0.333. The maximum atomic E-state index is 11.6. The minimum Gasteiger partial charge on any atom is -0.468 e. The third kappa shape index (κ3) is 5.06. The lowest BCUT2D eigenvalue weighted by Gasteiger charge is -2.09. The highest BCUT2D eigenvalue weighted by Crippen LogP contribution is 2.09. The third-order valence-electron chi connectivity index (χ3n) is 2.21. The number of esters is 1. The Kier molecular flexibility index (Phi) is 6.15. The molecule has 0 saturated heterocycles. The van der Waals surface area contributed by atoms with Crippen LogP contribution in [0.2, 0.25) is 5.02 Å². The second-order valence-corrected chi connectivity index (χ2v) is 5.14. The van der Waals surface area contributed by atoms with Gasteiger partial charge in [0.25, 0.3) is 0 Å². The van der Waals surface area contributed by atoms with Crippen LogP contribution < -0.4 is 5.32 Å². The number of hydrogen-bond acceptors (Lipinski definition) is 3. The first kappa shape index (κ1) is 15.0. The molecule has 0 aliphatic carbocycles. The van der Waals surface area contributed by atoms with Gasteiger partial charge < -0.3 is 10.1 Å². The predicted molar refractivity (Wildman–Crippen MR) is 72.9 cm³/mol. The zero-order valence-corrected chi connectivity index (χ0v) is 12.1. The molecule has 18 heavy (non-hydrogen) atoms. The Labute approximate surface area is 119 Å². The molecule has 0 aliphatic rings. The van der Waals surface area contributed by atoms with Crippen molar-refractivity contribution in [1.29, 1.82) is 0 Å². The third-order valence-corrected chi connectivity index (χ3v) is 3.16. The average Bonchev–Trinajstić information content (AvgIpc) is 2.37. The fourth-order valence-electron chi connectivity index (χ4n) is 1.26. The lowest BCUT2D eigenvalue weighted by atomic mass is 10.1. The second-order valence-electron chi connectivity index (χ2n) is 3.60. The number of amides is 1. The molecule has 1 N–H and O–H groups in total. The number of carbonyl (C=O) groups excluding carboxylic acids is 2. The van der Waals surface area contributed by atoms with E-state index in [1.165, 1.54) is 7.11 Å². The van der Waals surface area contributed by atoms with E-state index in [-0.39, 0.29) is 18.9 Å². The van der Waals surface area contributed by atoms with Crippen LogP contribution in [0.4, 0.5) is 0 Å². The molecule has 0 spiro atoms. The van der Waals surface area contributed by atoms with Gasteiger partial charge in [0.2, 0.25) is 5.91 Å². The second kappa shape index (κ2) is 7.38. The van der Waals surface area contributed by atoms with Crippen molar-refractivity contribution in [2.45, 2.75) is 11.2 Å². The van der Waals surface area contributed by atoms with Crippen LogP contribution >= 0.6 is 27.5 Å².